The second-order valence-electron chi connectivity index (χ2n) is 6.90. The molecule has 0 saturated heterocycles. The third-order valence-electron chi connectivity index (χ3n) is 4.69. The van der Waals surface area contributed by atoms with Gasteiger partial charge < -0.3 is 13.6 Å². The molecule has 0 aliphatic carbocycles. The van der Waals surface area contributed by atoms with Crippen LogP contribution < -0.4 is 10.2 Å². The van der Waals surface area contributed by atoms with Crippen LogP contribution >= 0.6 is 0 Å². The van der Waals surface area contributed by atoms with E-state index in [1.54, 1.807) is 49.4 Å². The number of carbonyl (C=O) groups is 1. The van der Waals surface area contributed by atoms with Gasteiger partial charge >= 0.3 is 5.91 Å². The van der Waals surface area contributed by atoms with Gasteiger partial charge in [-0.25, -0.2) is 5.43 Å². The minimum Gasteiger partial charge on any atom is -0.494 e. The minimum atomic E-state index is -0.506. The number of ether oxygens (including phenoxy) is 1. The second-order valence-corrected chi connectivity index (χ2v) is 6.90. The maximum absolute atomic E-state index is 12.3. The van der Waals surface area contributed by atoms with Gasteiger partial charge in [-0.05, 0) is 61.9 Å². The first-order valence-electron chi connectivity index (χ1n) is 9.79. The molecule has 0 atom stereocenters. The van der Waals surface area contributed by atoms with Crippen molar-refractivity contribution in [1.29, 1.82) is 0 Å². The zero-order chi connectivity index (χ0) is 22.7. The summed E-state index contributed by atoms with van der Waals surface area (Å²) in [5.41, 5.74) is 4.42. The van der Waals surface area contributed by atoms with Crippen LogP contribution in [0.1, 0.15) is 28.8 Å². The fourth-order valence-corrected chi connectivity index (χ4v) is 3.20. The molecule has 2 aromatic heterocycles. The normalized spacial score (nSPS) is 11.2. The summed E-state index contributed by atoms with van der Waals surface area (Å²) in [6, 6.07) is 14.9. The van der Waals surface area contributed by atoms with E-state index in [9.17, 15) is 14.9 Å². The highest BCUT2D eigenvalue weighted by atomic mass is 16.6. The molecular formula is C23H19N3O6. The van der Waals surface area contributed by atoms with Crippen molar-refractivity contribution < 1.29 is 23.3 Å². The van der Waals surface area contributed by atoms with Crippen molar-refractivity contribution in [2.24, 2.45) is 5.10 Å². The standard InChI is InChI=1S/C23H19N3O6/c1-3-30-17-5-8-20-15(11-17)12-22(32-20)23(27)25-24-13-18-6-9-21(31-18)19-7-4-16(26(28)29)10-14(19)2/h4-13H,3H2,1-2H3,(H,25,27)/b24-13-. The fourth-order valence-electron chi connectivity index (χ4n) is 3.20. The number of nitro benzene ring substituents is 1. The smallest absolute Gasteiger partial charge is 0.307 e. The van der Waals surface area contributed by atoms with Gasteiger partial charge in [0.15, 0.2) is 5.76 Å². The zero-order valence-corrected chi connectivity index (χ0v) is 17.3. The Labute approximate surface area is 182 Å². The van der Waals surface area contributed by atoms with E-state index < -0.39 is 10.8 Å². The molecule has 1 N–H and O–H groups in total. The van der Waals surface area contributed by atoms with Crippen molar-refractivity contribution in [2.75, 3.05) is 6.61 Å². The highest BCUT2D eigenvalue weighted by molar-refractivity contribution is 5.96. The summed E-state index contributed by atoms with van der Waals surface area (Å²) in [7, 11) is 0. The predicted molar refractivity (Wildman–Crippen MR) is 118 cm³/mol. The van der Waals surface area contributed by atoms with Gasteiger partial charge in [-0.1, -0.05) is 0 Å². The summed E-state index contributed by atoms with van der Waals surface area (Å²) >= 11 is 0. The number of aryl methyl sites for hydroxylation is 1. The van der Waals surface area contributed by atoms with Crippen LogP contribution in [0, 0.1) is 17.0 Å². The number of nitro groups is 1. The fraction of sp³-hybridized carbons (Fsp3) is 0.130. The molecule has 0 spiro atoms. The van der Waals surface area contributed by atoms with Crippen LogP contribution in [0.3, 0.4) is 0 Å². The highest BCUT2D eigenvalue weighted by Gasteiger charge is 2.13. The molecule has 2 aromatic carbocycles. The first kappa shape index (κ1) is 20.9. The maximum Gasteiger partial charge on any atom is 0.307 e. The van der Waals surface area contributed by atoms with Crippen molar-refractivity contribution in [3.63, 3.8) is 0 Å². The number of benzene rings is 2. The summed E-state index contributed by atoms with van der Waals surface area (Å²) in [6.07, 6.45) is 1.36. The molecule has 0 fully saturated rings. The number of rotatable bonds is 7. The van der Waals surface area contributed by atoms with Crippen molar-refractivity contribution in [3.05, 3.63) is 81.8 Å². The van der Waals surface area contributed by atoms with E-state index in [0.717, 1.165) is 10.9 Å². The SMILES string of the molecule is CCOc1ccc2oc(C(=O)N/N=C\c3ccc(-c4ccc([N+](=O)[O-])cc4C)o3)cc2c1. The van der Waals surface area contributed by atoms with Crippen LogP contribution in [0.5, 0.6) is 5.75 Å². The lowest BCUT2D eigenvalue weighted by molar-refractivity contribution is -0.384. The van der Waals surface area contributed by atoms with Crippen LogP contribution in [-0.4, -0.2) is 23.7 Å². The summed E-state index contributed by atoms with van der Waals surface area (Å²) in [4.78, 5) is 22.8. The molecule has 0 aliphatic heterocycles. The van der Waals surface area contributed by atoms with Gasteiger partial charge in [-0.2, -0.15) is 5.10 Å². The Kier molecular flexibility index (Phi) is 5.71. The molecule has 9 nitrogen and oxygen atoms in total. The quantitative estimate of drug-likeness (QED) is 0.247. The molecule has 0 radical (unpaired) electrons. The Bertz CT molecular complexity index is 1330. The molecule has 1 amide bonds. The molecule has 0 unspecified atom stereocenters. The van der Waals surface area contributed by atoms with Gasteiger partial charge in [0.1, 0.15) is 22.9 Å². The van der Waals surface area contributed by atoms with Gasteiger partial charge in [-0.3, -0.25) is 14.9 Å². The second kappa shape index (κ2) is 8.76. The van der Waals surface area contributed by atoms with Crippen LogP contribution in [0.15, 0.2) is 68.5 Å². The van der Waals surface area contributed by atoms with E-state index in [2.05, 4.69) is 10.5 Å². The highest BCUT2D eigenvalue weighted by Crippen LogP contribution is 2.28. The Morgan fingerprint density at radius 1 is 1.16 bits per heavy atom. The van der Waals surface area contributed by atoms with Gasteiger partial charge in [0.05, 0.1) is 17.7 Å². The predicted octanol–water partition coefficient (Wildman–Crippen LogP) is 5.07. The number of fused-ring (bicyclic) bond motifs is 1. The monoisotopic (exact) mass is 433 g/mol. The number of hydrazone groups is 1. The Morgan fingerprint density at radius 2 is 2.00 bits per heavy atom. The summed E-state index contributed by atoms with van der Waals surface area (Å²) in [5, 5.41) is 15.5. The summed E-state index contributed by atoms with van der Waals surface area (Å²) in [6.45, 7) is 4.21. The van der Waals surface area contributed by atoms with Crippen LogP contribution in [0.4, 0.5) is 5.69 Å². The first-order chi connectivity index (χ1) is 15.4. The van der Waals surface area contributed by atoms with E-state index >= 15 is 0 Å². The molecule has 0 aliphatic rings. The number of hydrogen-bond acceptors (Lipinski definition) is 7. The lowest BCUT2D eigenvalue weighted by Gasteiger charge is -2.02. The topological polar surface area (TPSA) is 120 Å². The van der Waals surface area contributed by atoms with Gasteiger partial charge in [0.25, 0.3) is 5.69 Å². The van der Waals surface area contributed by atoms with E-state index in [1.807, 2.05) is 6.92 Å². The first-order valence-corrected chi connectivity index (χ1v) is 9.79. The molecule has 32 heavy (non-hydrogen) atoms. The van der Waals surface area contributed by atoms with Crippen LogP contribution in [0.2, 0.25) is 0 Å². The average molecular weight is 433 g/mol. The van der Waals surface area contributed by atoms with E-state index in [-0.39, 0.29) is 11.4 Å². The molecule has 4 rings (SSSR count). The third-order valence-corrected chi connectivity index (χ3v) is 4.69. The molecular weight excluding hydrogens is 414 g/mol. The third kappa shape index (κ3) is 4.36. The number of non-ortho nitro benzene ring substituents is 1. The van der Waals surface area contributed by atoms with E-state index in [1.165, 1.54) is 18.3 Å². The number of carbonyl (C=O) groups excluding carboxylic acids is 1. The molecule has 162 valence electrons. The number of amides is 1. The Balaban J connectivity index is 1.43. The van der Waals surface area contributed by atoms with Crippen LogP contribution in [-0.2, 0) is 0 Å². The number of furan rings is 2. The summed E-state index contributed by atoms with van der Waals surface area (Å²) in [5.74, 6) is 1.25. The van der Waals surface area contributed by atoms with E-state index in [4.69, 9.17) is 13.6 Å². The van der Waals surface area contributed by atoms with Crippen molar-refractivity contribution in [3.8, 4) is 17.1 Å². The summed E-state index contributed by atoms with van der Waals surface area (Å²) < 4.78 is 16.7. The van der Waals surface area contributed by atoms with Crippen LogP contribution in [0.25, 0.3) is 22.3 Å². The largest absolute Gasteiger partial charge is 0.494 e. The number of hydrogen-bond donors (Lipinski definition) is 1. The lowest BCUT2D eigenvalue weighted by Crippen LogP contribution is -2.16. The molecule has 2 heterocycles. The molecule has 4 aromatic rings. The van der Waals surface area contributed by atoms with Crippen molar-refractivity contribution >= 4 is 28.8 Å². The zero-order valence-electron chi connectivity index (χ0n) is 17.3. The maximum atomic E-state index is 12.3. The Morgan fingerprint density at radius 3 is 2.75 bits per heavy atom. The lowest BCUT2D eigenvalue weighted by atomic mass is 10.1. The molecule has 0 saturated carbocycles. The van der Waals surface area contributed by atoms with Crippen molar-refractivity contribution in [2.45, 2.75) is 13.8 Å². The Hall–Kier alpha value is -4.40. The van der Waals surface area contributed by atoms with Gasteiger partial charge in [-0.15, -0.1) is 0 Å². The minimum absolute atomic E-state index is 0.0157. The average Bonchev–Trinajstić information content (AvgIpc) is 3.40. The number of nitrogens with one attached hydrogen (secondary N) is 1. The van der Waals surface area contributed by atoms with Crippen molar-refractivity contribution in [1.82, 2.24) is 5.43 Å². The van der Waals surface area contributed by atoms with Gasteiger partial charge in [0.2, 0.25) is 0 Å². The van der Waals surface area contributed by atoms with Gasteiger partial charge in [0, 0.05) is 23.1 Å². The number of nitrogens with zero attached hydrogens (tertiary/aromatic N) is 2. The molecule has 0 bridgehead atoms. The molecule has 9 heteroatoms. The van der Waals surface area contributed by atoms with E-state index in [0.29, 0.717) is 35.0 Å².